The molecule has 1 saturated heterocycles. The van der Waals surface area contributed by atoms with Gasteiger partial charge in [-0.25, -0.2) is 9.97 Å². The van der Waals surface area contributed by atoms with Gasteiger partial charge in [-0.15, -0.1) is 0 Å². The quantitative estimate of drug-likeness (QED) is 0.844. The van der Waals surface area contributed by atoms with E-state index in [1.807, 2.05) is 24.0 Å². The minimum absolute atomic E-state index is 0.00790. The summed E-state index contributed by atoms with van der Waals surface area (Å²) in [4.78, 5) is 23.7. The van der Waals surface area contributed by atoms with Crippen LogP contribution in [0.1, 0.15) is 68.2 Å². The van der Waals surface area contributed by atoms with E-state index in [1.165, 1.54) is 18.4 Å². The summed E-state index contributed by atoms with van der Waals surface area (Å²) in [6.45, 7) is 10.1. The van der Waals surface area contributed by atoms with Crippen LogP contribution in [-0.2, 0) is 5.41 Å². The van der Waals surface area contributed by atoms with Crippen LogP contribution in [0.4, 0.5) is 11.6 Å². The number of aromatic nitrogens is 2. The lowest BCUT2D eigenvalue weighted by molar-refractivity contribution is 0.0755. The summed E-state index contributed by atoms with van der Waals surface area (Å²) >= 11 is 0. The van der Waals surface area contributed by atoms with Gasteiger partial charge in [-0.1, -0.05) is 45.7 Å². The molecule has 144 valence electrons. The number of carbonyl (C=O) groups excluding carboxylic acids is 1. The fraction of sp³-hybridized carbons (Fsp3) is 0.500. The smallest absolute Gasteiger partial charge is 0.272 e. The number of hydrogen-bond acceptors (Lipinski definition) is 4. The van der Waals surface area contributed by atoms with E-state index in [0.717, 1.165) is 37.3 Å². The summed E-state index contributed by atoms with van der Waals surface area (Å²) in [5.74, 6) is 0.477. The van der Waals surface area contributed by atoms with Crippen molar-refractivity contribution in [1.29, 1.82) is 0 Å². The van der Waals surface area contributed by atoms with Crippen LogP contribution in [0.25, 0.3) is 0 Å². The van der Waals surface area contributed by atoms with Gasteiger partial charge in [0, 0.05) is 24.5 Å². The number of hydrogen-bond donors (Lipinski definition) is 1. The molecule has 1 amide bonds. The van der Waals surface area contributed by atoms with Crippen molar-refractivity contribution in [3.05, 3.63) is 47.3 Å². The monoisotopic (exact) mass is 366 g/mol. The average molecular weight is 367 g/mol. The Balaban J connectivity index is 1.77. The highest BCUT2D eigenvalue weighted by molar-refractivity contribution is 5.92. The zero-order valence-corrected chi connectivity index (χ0v) is 16.9. The Hall–Kier alpha value is -2.43. The number of anilines is 2. The molecule has 0 spiro atoms. The van der Waals surface area contributed by atoms with Gasteiger partial charge in [-0.05, 0) is 48.9 Å². The first kappa shape index (κ1) is 19.3. The summed E-state index contributed by atoms with van der Waals surface area (Å²) in [5.41, 5.74) is 3.57. The Kier molecular flexibility index (Phi) is 5.78. The molecule has 27 heavy (non-hydrogen) atoms. The van der Waals surface area contributed by atoms with E-state index in [1.54, 1.807) is 6.07 Å². The molecule has 5 heteroatoms. The highest BCUT2D eigenvalue weighted by Gasteiger charge is 2.20. The van der Waals surface area contributed by atoms with Crippen molar-refractivity contribution in [3.63, 3.8) is 0 Å². The Morgan fingerprint density at radius 2 is 1.63 bits per heavy atom. The first-order chi connectivity index (χ1) is 12.8. The molecule has 1 N–H and O–H groups in total. The van der Waals surface area contributed by atoms with E-state index in [2.05, 4.69) is 48.2 Å². The van der Waals surface area contributed by atoms with Crippen molar-refractivity contribution in [1.82, 2.24) is 14.9 Å². The van der Waals surface area contributed by atoms with Crippen LogP contribution in [0.15, 0.2) is 30.3 Å². The molecule has 1 aromatic carbocycles. The third-order valence-corrected chi connectivity index (χ3v) is 4.97. The van der Waals surface area contributed by atoms with E-state index in [-0.39, 0.29) is 11.3 Å². The molecule has 1 aromatic heterocycles. The molecule has 1 aliphatic heterocycles. The summed E-state index contributed by atoms with van der Waals surface area (Å²) in [6, 6.07) is 10.1. The Labute approximate surface area is 162 Å². The highest BCUT2D eigenvalue weighted by atomic mass is 16.2. The number of likely N-dealkylation sites (tertiary alicyclic amines) is 1. The summed E-state index contributed by atoms with van der Waals surface area (Å²) in [7, 11) is 0. The number of carbonyl (C=O) groups is 1. The molecule has 0 saturated carbocycles. The van der Waals surface area contributed by atoms with Crippen molar-refractivity contribution in [2.24, 2.45) is 0 Å². The summed E-state index contributed by atoms with van der Waals surface area (Å²) in [6.07, 6.45) is 4.54. The normalized spacial score (nSPS) is 15.3. The standard InChI is InChI=1S/C22H30N4O/c1-16-15-19(20(27)26-13-7-5-6-8-14-26)25-21(23-16)24-18-11-9-17(10-12-18)22(2,3)4/h9-12,15H,5-8,13-14H2,1-4H3,(H,23,24,25). The van der Waals surface area contributed by atoms with Gasteiger partial charge in [0.1, 0.15) is 5.69 Å². The molecule has 3 rings (SSSR count). The van der Waals surface area contributed by atoms with Crippen LogP contribution in [0, 0.1) is 6.92 Å². The maximum atomic E-state index is 12.9. The van der Waals surface area contributed by atoms with E-state index in [0.29, 0.717) is 11.6 Å². The van der Waals surface area contributed by atoms with Crippen molar-refractivity contribution < 1.29 is 4.79 Å². The SMILES string of the molecule is Cc1cc(C(=O)N2CCCCCC2)nc(Nc2ccc(C(C)(C)C)cc2)n1. The largest absolute Gasteiger partial charge is 0.337 e. The number of amides is 1. The van der Waals surface area contributed by atoms with Crippen LogP contribution in [-0.4, -0.2) is 33.9 Å². The van der Waals surface area contributed by atoms with Gasteiger partial charge >= 0.3 is 0 Å². The topological polar surface area (TPSA) is 58.1 Å². The van der Waals surface area contributed by atoms with Crippen LogP contribution < -0.4 is 5.32 Å². The highest BCUT2D eigenvalue weighted by Crippen LogP contribution is 2.24. The second-order valence-corrected chi connectivity index (χ2v) is 8.38. The summed E-state index contributed by atoms with van der Waals surface area (Å²) in [5, 5.41) is 3.24. The lowest BCUT2D eigenvalue weighted by Gasteiger charge is -2.20. The Bertz CT molecular complexity index is 785. The zero-order chi connectivity index (χ0) is 19.4. The van der Waals surface area contributed by atoms with Crippen molar-refractivity contribution in [2.75, 3.05) is 18.4 Å². The number of benzene rings is 1. The van der Waals surface area contributed by atoms with E-state index in [4.69, 9.17) is 0 Å². The third-order valence-electron chi connectivity index (χ3n) is 4.97. The first-order valence-electron chi connectivity index (χ1n) is 9.85. The van der Waals surface area contributed by atoms with Crippen LogP contribution in [0.5, 0.6) is 0 Å². The molecule has 0 radical (unpaired) electrons. The summed E-state index contributed by atoms with van der Waals surface area (Å²) < 4.78 is 0. The number of aryl methyl sites for hydroxylation is 1. The van der Waals surface area contributed by atoms with E-state index >= 15 is 0 Å². The number of rotatable bonds is 3. The van der Waals surface area contributed by atoms with Crippen molar-refractivity contribution in [3.8, 4) is 0 Å². The Morgan fingerprint density at radius 3 is 2.22 bits per heavy atom. The molecule has 0 aliphatic carbocycles. The molecular formula is C22H30N4O. The minimum Gasteiger partial charge on any atom is -0.337 e. The molecule has 0 atom stereocenters. The number of nitrogens with one attached hydrogen (secondary N) is 1. The predicted octanol–water partition coefficient (Wildman–Crippen LogP) is 4.84. The fourth-order valence-electron chi connectivity index (χ4n) is 3.35. The number of nitrogens with zero attached hydrogens (tertiary/aromatic N) is 3. The molecular weight excluding hydrogens is 336 g/mol. The fourth-order valence-corrected chi connectivity index (χ4v) is 3.35. The molecule has 2 heterocycles. The van der Waals surface area contributed by atoms with Gasteiger partial charge in [0.15, 0.2) is 0 Å². The van der Waals surface area contributed by atoms with E-state index in [9.17, 15) is 4.79 Å². The lowest BCUT2D eigenvalue weighted by atomic mass is 9.87. The molecule has 0 bridgehead atoms. The second-order valence-electron chi connectivity index (χ2n) is 8.38. The Morgan fingerprint density at radius 1 is 1.00 bits per heavy atom. The van der Waals surface area contributed by atoms with Gasteiger partial charge < -0.3 is 10.2 Å². The van der Waals surface area contributed by atoms with Gasteiger partial charge in [0.2, 0.25) is 5.95 Å². The molecule has 1 aliphatic rings. The molecule has 1 fully saturated rings. The zero-order valence-electron chi connectivity index (χ0n) is 16.9. The molecule has 2 aromatic rings. The van der Waals surface area contributed by atoms with Crippen LogP contribution in [0.3, 0.4) is 0 Å². The van der Waals surface area contributed by atoms with Gasteiger partial charge in [0.25, 0.3) is 5.91 Å². The minimum atomic E-state index is 0.00790. The molecule has 0 unspecified atom stereocenters. The van der Waals surface area contributed by atoms with Gasteiger partial charge in [0.05, 0.1) is 0 Å². The molecule has 5 nitrogen and oxygen atoms in total. The van der Waals surface area contributed by atoms with Crippen LogP contribution >= 0.6 is 0 Å². The maximum Gasteiger partial charge on any atom is 0.272 e. The first-order valence-corrected chi connectivity index (χ1v) is 9.85. The van der Waals surface area contributed by atoms with Gasteiger partial charge in [-0.3, -0.25) is 4.79 Å². The lowest BCUT2D eigenvalue weighted by Crippen LogP contribution is -2.32. The van der Waals surface area contributed by atoms with Gasteiger partial charge in [-0.2, -0.15) is 0 Å². The predicted molar refractivity (Wildman–Crippen MR) is 110 cm³/mol. The van der Waals surface area contributed by atoms with E-state index < -0.39 is 0 Å². The third kappa shape index (κ3) is 5.06. The van der Waals surface area contributed by atoms with Crippen molar-refractivity contribution >= 4 is 17.5 Å². The average Bonchev–Trinajstić information content (AvgIpc) is 2.89. The second kappa shape index (κ2) is 8.07. The van der Waals surface area contributed by atoms with Crippen LogP contribution in [0.2, 0.25) is 0 Å². The van der Waals surface area contributed by atoms with Crippen molar-refractivity contribution in [2.45, 2.75) is 58.8 Å². The maximum absolute atomic E-state index is 12.9.